The average molecular weight is 210 g/mol. The van der Waals surface area contributed by atoms with Crippen LogP contribution in [0.1, 0.15) is 6.92 Å². The van der Waals surface area contributed by atoms with Gasteiger partial charge in [0.1, 0.15) is 0 Å². The first-order chi connectivity index (χ1) is 5.15. The van der Waals surface area contributed by atoms with Gasteiger partial charge >= 0.3 is 8.56 Å². The summed E-state index contributed by atoms with van der Waals surface area (Å²) in [5, 5.41) is 7.42. The summed E-state index contributed by atoms with van der Waals surface area (Å²) in [4.78, 5) is 18.1. The lowest BCUT2D eigenvalue weighted by Crippen LogP contribution is -2.34. The molecule has 74 valence electrons. The largest absolute Gasteiger partial charge is 0.481 e. The fraction of sp³-hybridized carbons (Fsp3) is 0.833. The molecule has 0 saturated heterocycles. The van der Waals surface area contributed by atoms with Crippen LogP contribution in [-0.2, 0) is 8.91 Å². The first kappa shape index (κ1) is 14.4. The highest BCUT2D eigenvalue weighted by molar-refractivity contribution is 6.71. The molecule has 0 unspecified atom stereocenters. The van der Waals surface area contributed by atoms with Crippen molar-refractivity contribution in [3.8, 4) is 0 Å². The third kappa shape index (κ3) is 32.9. The Kier molecular flexibility index (Phi) is 7.60. The summed E-state index contributed by atoms with van der Waals surface area (Å²) in [5.74, 6) is -0.833. The summed E-state index contributed by atoms with van der Waals surface area (Å²) in [6.45, 7) is 8.79. The second-order valence-electron chi connectivity index (χ2n) is 3.13. The maximum Gasteiger partial charge on any atom is 0.318 e. The summed E-state index contributed by atoms with van der Waals surface area (Å²) < 4.78 is 5.27. The molecule has 0 atom stereocenters. The van der Waals surface area contributed by atoms with Crippen LogP contribution in [-0.4, -0.2) is 33.5 Å². The Morgan fingerprint density at radius 1 is 1.42 bits per heavy atom. The van der Waals surface area contributed by atoms with Gasteiger partial charge in [-0.1, -0.05) is 0 Å². The molecule has 0 spiro atoms. The van der Waals surface area contributed by atoms with E-state index in [9.17, 15) is 0 Å². The number of rotatable bonds is 2. The predicted molar refractivity (Wildman–Crippen MR) is 53.0 cm³/mol. The van der Waals surface area contributed by atoms with E-state index in [1.54, 1.807) is 13.1 Å². The van der Waals surface area contributed by atoms with Gasteiger partial charge < -0.3 is 14.0 Å². The van der Waals surface area contributed by atoms with Gasteiger partial charge in [-0.2, -0.15) is 0 Å². The number of carbonyl (C=O) groups is 1. The molecule has 0 bridgehead atoms. The van der Waals surface area contributed by atoms with Crippen molar-refractivity contribution in [2.24, 2.45) is 0 Å². The van der Waals surface area contributed by atoms with Crippen LogP contribution in [0.3, 0.4) is 0 Å². The number of hydrogen-bond donors (Lipinski definition) is 2. The molecule has 0 aliphatic carbocycles. The van der Waals surface area contributed by atoms with Crippen molar-refractivity contribution in [1.82, 2.24) is 0 Å². The minimum atomic E-state index is -2.16. The molecule has 2 N–H and O–H groups in total. The quantitative estimate of drug-likeness (QED) is 0.661. The van der Waals surface area contributed by atoms with E-state index in [1.807, 2.05) is 0 Å². The van der Waals surface area contributed by atoms with Gasteiger partial charge in [0, 0.05) is 6.92 Å². The van der Waals surface area contributed by atoms with Gasteiger partial charge in [0.05, 0.1) is 0 Å². The Bertz CT molecular complexity index is 126. The van der Waals surface area contributed by atoms with E-state index >= 15 is 0 Å². The predicted octanol–water partition coefficient (Wildman–Crippen LogP) is 0.771. The third-order valence-electron chi connectivity index (χ3n) is 0.524. The van der Waals surface area contributed by atoms with E-state index in [0.29, 0.717) is 0 Å². The van der Waals surface area contributed by atoms with E-state index in [1.165, 1.54) is 0 Å². The highest BCUT2D eigenvalue weighted by Crippen LogP contribution is 1.99. The molecule has 6 heteroatoms. The van der Waals surface area contributed by atoms with Crippen molar-refractivity contribution in [3.63, 3.8) is 0 Å². The lowest BCUT2D eigenvalue weighted by atomic mass is 10.9. The average Bonchev–Trinajstić information content (AvgIpc) is 1.52. The van der Waals surface area contributed by atoms with Gasteiger partial charge in [0.25, 0.3) is 5.97 Å². The topological polar surface area (TPSA) is 66.8 Å². The molecule has 0 saturated carbocycles. The van der Waals surface area contributed by atoms with Gasteiger partial charge in [-0.15, -0.1) is 0 Å². The fourth-order valence-electron chi connectivity index (χ4n) is 0.577. The van der Waals surface area contributed by atoms with Crippen molar-refractivity contribution in [2.75, 3.05) is 0 Å². The smallest absolute Gasteiger partial charge is 0.318 e. The maximum absolute atomic E-state index is 9.14. The first-order valence-electron chi connectivity index (χ1n) is 3.75. The van der Waals surface area contributed by atoms with Crippen LogP contribution < -0.4 is 0 Å². The second kappa shape index (κ2) is 6.35. The highest BCUT2D eigenvalue weighted by Gasteiger charge is 2.19. The Hall–Kier alpha value is -0.176. The van der Waals surface area contributed by atoms with Crippen LogP contribution in [0, 0.1) is 0 Å². The van der Waals surface area contributed by atoms with Crippen LogP contribution in [0.2, 0.25) is 26.2 Å². The Morgan fingerprint density at radius 2 is 1.67 bits per heavy atom. The Morgan fingerprint density at radius 3 is 1.67 bits per heavy atom. The fourth-order valence-corrected chi connectivity index (χ4v) is 5.19. The summed E-state index contributed by atoms with van der Waals surface area (Å²) in [7, 11) is -3.14. The van der Waals surface area contributed by atoms with Crippen molar-refractivity contribution in [1.29, 1.82) is 0 Å². The molecule has 0 amide bonds. The summed E-state index contributed by atoms with van der Waals surface area (Å²) in [6.07, 6.45) is 0. The van der Waals surface area contributed by atoms with Crippen molar-refractivity contribution < 1.29 is 18.8 Å². The lowest BCUT2D eigenvalue weighted by Gasteiger charge is -2.17. The van der Waals surface area contributed by atoms with Crippen LogP contribution in [0.5, 0.6) is 0 Å². The van der Waals surface area contributed by atoms with Crippen LogP contribution in [0.25, 0.3) is 0 Å². The van der Waals surface area contributed by atoms with E-state index in [-0.39, 0.29) is 0 Å². The zero-order valence-electron chi connectivity index (χ0n) is 8.29. The normalized spacial score (nSPS) is 10.6. The number of aliphatic carboxylic acids is 1. The molecule has 0 aliphatic heterocycles. The van der Waals surface area contributed by atoms with Gasteiger partial charge in [0.2, 0.25) is 0 Å². The van der Waals surface area contributed by atoms with Crippen LogP contribution in [0.4, 0.5) is 0 Å². The third-order valence-corrected chi connectivity index (χ3v) is 4.72. The van der Waals surface area contributed by atoms with Gasteiger partial charge in [-0.25, -0.2) is 0 Å². The zero-order chi connectivity index (χ0) is 10.4. The molecule has 0 aromatic carbocycles. The monoisotopic (exact) mass is 210 g/mol. The highest BCUT2D eigenvalue weighted by atomic mass is 28.4. The Balaban J connectivity index is 0. The van der Waals surface area contributed by atoms with Crippen molar-refractivity contribution >= 4 is 23.6 Å². The molecule has 0 rings (SSSR count). The summed E-state index contributed by atoms with van der Waals surface area (Å²) >= 11 is 0. The first-order valence-corrected chi connectivity index (χ1v) is 9.38. The molecule has 0 radical (unpaired) electrons. The lowest BCUT2D eigenvalue weighted by molar-refractivity contribution is -0.134. The molecule has 12 heavy (non-hydrogen) atoms. The van der Waals surface area contributed by atoms with E-state index in [0.717, 1.165) is 6.92 Å². The standard InChI is InChI=1S/C4H14O2Si2.C2H4O2/c1-7(2)6-8(3,4)5;1-2(3)4/h5,7H,1-4H3;1H3,(H,3,4). The molecule has 0 fully saturated rings. The summed E-state index contributed by atoms with van der Waals surface area (Å²) in [6, 6.07) is 0. The minimum Gasteiger partial charge on any atom is -0.481 e. The molecule has 0 heterocycles. The molecule has 0 aromatic heterocycles. The number of carboxylic acid groups (broad SMARTS) is 1. The van der Waals surface area contributed by atoms with E-state index in [4.69, 9.17) is 18.8 Å². The molecular weight excluding hydrogens is 192 g/mol. The van der Waals surface area contributed by atoms with Crippen LogP contribution >= 0.6 is 0 Å². The molecule has 0 aliphatic rings. The van der Waals surface area contributed by atoms with Gasteiger partial charge in [-0.3, -0.25) is 4.79 Å². The minimum absolute atomic E-state index is 0.833. The van der Waals surface area contributed by atoms with Gasteiger partial charge in [0.15, 0.2) is 9.04 Å². The molecule has 0 aromatic rings. The van der Waals surface area contributed by atoms with Gasteiger partial charge in [-0.05, 0) is 26.2 Å². The molecular formula is C6H18O4Si2. The van der Waals surface area contributed by atoms with E-state index in [2.05, 4.69) is 13.1 Å². The summed E-state index contributed by atoms with van der Waals surface area (Å²) in [5.41, 5.74) is 0. The second-order valence-corrected chi connectivity index (χ2v) is 9.07. The van der Waals surface area contributed by atoms with Crippen molar-refractivity contribution in [3.05, 3.63) is 0 Å². The SMILES string of the molecule is CC(=O)O.C[SiH](C)O[Si](C)(C)O. The van der Waals surface area contributed by atoms with Crippen LogP contribution in [0.15, 0.2) is 0 Å². The van der Waals surface area contributed by atoms with Crippen molar-refractivity contribution in [2.45, 2.75) is 33.1 Å². The zero-order valence-corrected chi connectivity index (χ0v) is 10.4. The van der Waals surface area contributed by atoms with E-state index < -0.39 is 23.6 Å². The Labute approximate surface area is 76.2 Å². The molecule has 4 nitrogen and oxygen atoms in total. The maximum atomic E-state index is 9.14. The number of hydrogen-bond acceptors (Lipinski definition) is 3. The number of carboxylic acids is 1.